The fourth-order valence-corrected chi connectivity index (χ4v) is 3.36. The van der Waals surface area contributed by atoms with Crippen molar-refractivity contribution in [3.8, 4) is 22.5 Å². The lowest BCUT2D eigenvalue weighted by atomic mass is 10.1. The van der Waals surface area contributed by atoms with Gasteiger partial charge in [0.15, 0.2) is 0 Å². The zero-order valence-corrected chi connectivity index (χ0v) is 16.7. The Labute approximate surface area is 180 Å². The van der Waals surface area contributed by atoms with Crippen molar-refractivity contribution >= 4 is 12.3 Å². The number of rotatable bonds is 5. The fourth-order valence-electron chi connectivity index (χ4n) is 3.36. The molecule has 32 heavy (non-hydrogen) atoms. The number of pyridine rings is 1. The number of hydrogen-bond donors (Lipinski definition) is 1. The molecule has 1 aliphatic carbocycles. The van der Waals surface area contributed by atoms with E-state index in [0.29, 0.717) is 17.4 Å². The number of benzene rings is 1. The van der Waals surface area contributed by atoms with Crippen molar-refractivity contribution in [2.24, 2.45) is 0 Å². The summed E-state index contributed by atoms with van der Waals surface area (Å²) in [5.41, 5.74) is 3.05. The number of hydrogen-bond acceptors (Lipinski definition) is 4. The van der Waals surface area contributed by atoms with E-state index < -0.39 is 11.9 Å². The maximum absolute atomic E-state index is 13.4. The Kier molecular flexibility index (Phi) is 4.93. The van der Waals surface area contributed by atoms with E-state index in [1.165, 1.54) is 29.1 Å². The van der Waals surface area contributed by atoms with Crippen molar-refractivity contribution in [3.05, 3.63) is 83.5 Å². The van der Waals surface area contributed by atoms with Gasteiger partial charge in [-0.25, -0.2) is 9.07 Å². The highest BCUT2D eigenvalue weighted by atomic mass is 19.1. The molecule has 0 atom stereocenters. The van der Waals surface area contributed by atoms with Crippen LogP contribution in [0.3, 0.4) is 0 Å². The van der Waals surface area contributed by atoms with E-state index >= 15 is 0 Å². The van der Waals surface area contributed by atoms with E-state index in [4.69, 9.17) is 10.5 Å². The van der Waals surface area contributed by atoms with Gasteiger partial charge in [0.25, 0.3) is 0 Å². The Morgan fingerprint density at radius 1 is 0.938 bits per heavy atom. The van der Waals surface area contributed by atoms with E-state index in [1.807, 2.05) is 10.9 Å². The molecule has 0 spiro atoms. The summed E-state index contributed by atoms with van der Waals surface area (Å²) in [4.78, 5) is 3.07. The Hall–Kier alpha value is -4.01. The quantitative estimate of drug-likeness (QED) is 0.464. The molecule has 1 saturated carbocycles. The first-order chi connectivity index (χ1) is 15.5. The lowest BCUT2D eigenvalue weighted by Gasteiger charge is -2.05. The summed E-state index contributed by atoms with van der Waals surface area (Å²) in [5.74, 6) is -2.20. The minimum atomic E-state index is -0.932. The molecule has 6 nitrogen and oxygen atoms in total. The van der Waals surface area contributed by atoms with Crippen LogP contribution in [-0.4, -0.2) is 24.5 Å². The van der Waals surface area contributed by atoms with Crippen molar-refractivity contribution in [2.75, 3.05) is 0 Å². The normalized spacial score (nSPS) is 13.7. The van der Waals surface area contributed by atoms with Gasteiger partial charge in [-0.1, -0.05) is 0 Å². The SMILES string of the molecule is N=c1ccc(-c2cn(C3CC3)nc2-c2ccc(F)cc2)nn1/C=C/c1cc(F)nc(F)c1. The van der Waals surface area contributed by atoms with Gasteiger partial charge >= 0.3 is 0 Å². The largest absolute Gasteiger partial charge is 0.283 e. The Balaban J connectivity index is 1.56. The fraction of sp³-hybridized carbons (Fsp3) is 0.130. The summed E-state index contributed by atoms with van der Waals surface area (Å²) in [6.07, 6.45) is 6.89. The number of aromatic nitrogens is 5. The lowest BCUT2D eigenvalue weighted by Crippen LogP contribution is -2.17. The van der Waals surface area contributed by atoms with Crippen molar-refractivity contribution in [2.45, 2.75) is 18.9 Å². The van der Waals surface area contributed by atoms with Crippen molar-refractivity contribution < 1.29 is 13.2 Å². The molecule has 3 heterocycles. The van der Waals surface area contributed by atoms with E-state index in [2.05, 4.69) is 10.1 Å². The van der Waals surface area contributed by atoms with Crippen LogP contribution < -0.4 is 5.49 Å². The summed E-state index contributed by atoms with van der Waals surface area (Å²) in [5, 5.41) is 17.3. The molecule has 0 unspecified atom stereocenters. The van der Waals surface area contributed by atoms with Crippen LogP contribution in [-0.2, 0) is 0 Å². The molecule has 1 aliphatic rings. The molecular formula is C23H17F3N6. The third-order valence-electron chi connectivity index (χ3n) is 5.10. The highest BCUT2D eigenvalue weighted by Crippen LogP contribution is 2.38. The summed E-state index contributed by atoms with van der Waals surface area (Å²) in [7, 11) is 0. The highest BCUT2D eigenvalue weighted by molar-refractivity contribution is 5.78. The van der Waals surface area contributed by atoms with Gasteiger partial charge in [-0.2, -0.15) is 24.0 Å². The summed E-state index contributed by atoms with van der Waals surface area (Å²) >= 11 is 0. The molecule has 5 rings (SSSR count). The molecule has 0 bridgehead atoms. The van der Waals surface area contributed by atoms with E-state index in [1.54, 1.807) is 24.3 Å². The molecule has 4 aromatic rings. The van der Waals surface area contributed by atoms with Gasteiger partial charge in [-0.15, -0.1) is 0 Å². The van der Waals surface area contributed by atoms with Gasteiger partial charge in [0, 0.05) is 35.7 Å². The number of nitrogens with zero attached hydrogens (tertiary/aromatic N) is 5. The van der Waals surface area contributed by atoms with Crippen molar-refractivity contribution in [3.63, 3.8) is 0 Å². The first-order valence-corrected chi connectivity index (χ1v) is 9.97. The number of nitrogens with one attached hydrogen (secondary N) is 1. The van der Waals surface area contributed by atoms with Crippen LogP contribution in [0.1, 0.15) is 24.4 Å². The molecule has 0 radical (unpaired) electrons. The third kappa shape index (κ3) is 4.09. The maximum Gasteiger partial charge on any atom is 0.216 e. The van der Waals surface area contributed by atoms with E-state index in [0.717, 1.165) is 36.1 Å². The van der Waals surface area contributed by atoms with E-state index in [9.17, 15) is 13.2 Å². The predicted octanol–water partition coefficient (Wildman–Crippen LogP) is 4.67. The van der Waals surface area contributed by atoms with Crippen molar-refractivity contribution in [1.82, 2.24) is 24.5 Å². The highest BCUT2D eigenvalue weighted by Gasteiger charge is 2.27. The van der Waals surface area contributed by atoms with Crippen LogP contribution >= 0.6 is 0 Å². The molecular weight excluding hydrogens is 417 g/mol. The molecule has 0 saturated heterocycles. The predicted molar refractivity (Wildman–Crippen MR) is 112 cm³/mol. The minimum Gasteiger partial charge on any atom is -0.283 e. The monoisotopic (exact) mass is 434 g/mol. The molecule has 1 fully saturated rings. The molecule has 0 aliphatic heterocycles. The van der Waals surface area contributed by atoms with Gasteiger partial charge in [0.2, 0.25) is 11.9 Å². The first kappa shape index (κ1) is 19.9. The van der Waals surface area contributed by atoms with Crippen LogP contribution in [0.15, 0.2) is 54.7 Å². The average molecular weight is 434 g/mol. The summed E-state index contributed by atoms with van der Waals surface area (Å²) in [6.45, 7) is 0. The maximum atomic E-state index is 13.4. The van der Waals surface area contributed by atoms with Crippen LogP contribution in [0.2, 0.25) is 0 Å². The van der Waals surface area contributed by atoms with Gasteiger partial charge < -0.3 is 0 Å². The average Bonchev–Trinajstić information content (AvgIpc) is 3.52. The Bertz CT molecular complexity index is 1360. The van der Waals surface area contributed by atoms with Crippen LogP contribution in [0.4, 0.5) is 13.2 Å². The Morgan fingerprint density at radius 3 is 2.34 bits per heavy atom. The third-order valence-corrected chi connectivity index (χ3v) is 5.10. The van der Waals surface area contributed by atoms with Gasteiger partial charge in [0.05, 0.1) is 11.7 Å². The van der Waals surface area contributed by atoms with Crippen LogP contribution in [0, 0.1) is 23.1 Å². The van der Waals surface area contributed by atoms with Gasteiger partial charge in [0.1, 0.15) is 17.0 Å². The van der Waals surface area contributed by atoms with Crippen LogP contribution in [0.5, 0.6) is 0 Å². The standard InChI is InChI=1S/C23H17F3N6/c24-16-3-1-15(2-4-16)23-18(13-32(30-23)17-5-6-17)19-7-8-22(27)31(29-19)10-9-14-11-20(25)28-21(26)12-14/h1-4,7-13,17,27H,5-6H2/b10-9+,27-22?. The molecule has 0 amide bonds. The van der Waals surface area contributed by atoms with Gasteiger partial charge in [-0.05, 0) is 60.9 Å². The molecule has 3 aromatic heterocycles. The topological polar surface area (TPSA) is 72.4 Å². The second-order valence-electron chi connectivity index (χ2n) is 7.52. The minimum absolute atomic E-state index is 0.0814. The molecule has 9 heteroatoms. The first-order valence-electron chi connectivity index (χ1n) is 9.97. The van der Waals surface area contributed by atoms with E-state index in [-0.39, 0.29) is 16.9 Å². The molecule has 160 valence electrons. The zero-order valence-electron chi connectivity index (χ0n) is 16.7. The summed E-state index contributed by atoms with van der Waals surface area (Å²) < 4.78 is 43.3. The van der Waals surface area contributed by atoms with Crippen LogP contribution in [0.25, 0.3) is 34.8 Å². The molecule has 1 N–H and O–H groups in total. The lowest BCUT2D eigenvalue weighted by molar-refractivity contribution is 0.512. The Morgan fingerprint density at radius 2 is 1.66 bits per heavy atom. The number of halogens is 3. The second kappa shape index (κ2) is 7.92. The molecule has 1 aromatic carbocycles. The smallest absolute Gasteiger partial charge is 0.216 e. The zero-order chi connectivity index (χ0) is 22.2. The second-order valence-corrected chi connectivity index (χ2v) is 7.52. The summed E-state index contributed by atoms with van der Waals surface area (Å²) in [6, 6.07) is 11.9. The van der Waals surface area contributed by atoms with Gasteiger partial charge in [-0.3, -0.25) is 10.1 Å². The van der Waals surface area contributed by atoms with Crippen molar-refractivity contribution in [1.29, 1.82) is 5.41 Å².